The van der Waals surface area contributed by atoms with Crippen molar-refractivity contribution in [1.82, 2.24) is 0 Å². The Morgan fingerprint density at radius 3 is 2.30 bits per heavy atom. The Morgan fingerprint density at radius 1 is 1.09 bits per heavy atom. The second-order valence-corrected chi connectivity index (χ2v) is 7.37. The van der Waals surface area contributed by atoms with Crippen LogP contribution in [-0.4, -0.2) is 19.5 Å². The Morgan fingerprint density at radius 2 is 1.74 bits per heavy atom. The topological polar surface area (TPSA) is 83.5 Å². The van der Waals surface area contributed by atoms with Gasteiger partial charge < -0.3 is 5.11 Å². The van der Waals surface area contributed by atoms with Crippen molar-refractivity contribution in [2.24, 2.45) is 0 Å². The molecule has 0 atom stereocenters. The molecule has 0 saturated heterocycles. The number of nitrogens with one attached hydrogen (secondary N) is 1. The summed E-state index contributed by atoms with van der Waals surface area (Å²) in [6, 6.07) is 7.41. The number of anilines is 1. The van der Waals surface area contributed by atoms with Crippen LogP contribution in [0, 0.1) is 20.8 Å². The molecule has 0 aliphatic rings. The van der Waals surface area contributed by atoms with Gasteiger partial charge in [-0.25, -0.2) is 13.2 Å². The van der Waals surface area contributed by atoms with Crippen LogP contribution >= 0.6 is 11.6 Å². The van der Waals surface area contributed by atoms with Crippen LogP contribution in [0.3, 0.4) is 0 Å². The Kier molecular flexibility index (Phi) is 4.68. The van der Waals surface area contributed by atoms with E-state index in [1.54, 1.807) is 39.0 Å². The molecule has 0 amide bonds. The predicted octanol–water partition coefficient (Wildman–Crippen LogP) is 3.76. The van der Waals surface area contributed by atoms with Crippen molar-refractivity contribution in [3.05, 3.63) is 57.6 Å². The normalized spacial score (nSPS) is 11.3. The van der Waals surface area contributed by atoms with Crippen LogP contribution in [0.1, 0.15) is 27.0 Å². The van der Waals surface area contributed by atoms with E-state index in [4.69, 9.17) is 16.7 Å². The highest BCUT2D eigenvalue weighted by atomic mass is 35.5. The van der Waals surface area contributed by atoms with Gasteiger partial charge >= 0.3 is 5.97 Å². The van der Waals surface area contributed by atoms with E-state index >= 15 is 0 Å². The molecule has 0 spiro atoms. The van der Waals surface area contributed by atoms with Crippen molar-refractivity contribution in [2.45, 2.75) is 25.7 Å². The Labute approximate surface area is 140 Å². The lowest BCUT2D eigenvalue weighted by molar-refractivity contribution is 0.0696. The molecule has 2 aromatic rings. The lowest BCUT2D eigenvalue weighted by atomic mass is 10.1. The number of hydrogen-bond donors (Lipinski definition) is 2. The Balaban J connectivity index is 2.53. The molecule has 2 aromatic carbocycles. The fraction of sp³-hybridized carbons (Fsp3) is 0.188. The van der Waals surface area contributed by atoms with Gasteiger partial charge in [0.1, 0.15) is 0 Å². The summed E-state index contributed by atoms with van der Waals surface area (Å²) in [5, 5.41) is 9.63. The number of carbonyl (C=O) groups is 1. The second-order valence-electron chi connectivity index (χ2n) is 5.29. The van der Waals surface area contributed by atoms with Crippen molar-refractivity contribution >= 4 is 33.3 Å². The highest BCUT2D eigenvalue weighted by molar-refractivity contribution is 7.92. The summed E-state index contributed by atoms with van der Waals surface area (Å²) in [6.07, 6.45) is 0. The van der Waals surface area contributed by atoms with Gasteiger partial charge in [-0.1, -0.05) is 11.6 Å². The number of aryl methyl sites for hydroxylation is 2. The third kappa shape index (κ3) is 3.65. The van der Waals surface area contributed by atoms with Crippen molar-refractivity contribution in [3.8, 4) is 0 Å². The first-order valence-electron chi connectivity index (χ1n) is 6.75. The second kappa shape index (κ2) is 6.22. The summed E-state index contributed by atoms with van der Waals surface area (Å²) in [5.74, 6) is -1.17. The smallest absolute Gasteiger partial charge is 0.335 e. The average molecular weight is 354 g/mol. The summed E-state index contributed by atoms with van der Waals surface area (Å²) < 4.78 is 27.8. The van der Waals surface area contributed by atoms with Gasteiger partial charge in [0.2, 0.25) is 0 Å². The number of halogens is 1. The number of carboxylic acids is 1. The molecule has 0 unspecified atom stereocenters. The molecule has 0 fully saturated rings. The van der Waals surface area contributed by atoms with Crippen LogP contribution in [0.15, 0.2) is 35.2 Å². The molecule has 0 radical (unpaired) electrons. The molecule has 7 heteroatoms. The number of aromatic carboxylic acids is 1. The maximum atomic E-state index is 12.6. The lowest BCUT2D eigenvalue weighted by Crippen LogP contribution is -2.16. The molecular weight excluding hydrogens is 338 g/mol. The number of carboxylic acid groups (broad SMARTS) is 1. The van der Waals surface area contributed by atoms with Gasteiger partial charge in [0.15, 0.2) is 0 Å². The van der Waals surface area contributed by atoms with E-state index in [0.29, 0.717) is 27.4 Å². The first-order valence-corrected chi connectivity index (χ1v) is 8.61. The molecule has 0 aliphatic carbocycles. The molecule has 23 heavy (non-hydrogen) atoms. The van der Waals surface area contributed by atoms with Gasteiger partial charge in [0.05, 0.1) is 16.1 Å². The zero-order valence-corrected chi connectivity index (χ0v) is 14.4. The molecule has 0 bridgehead atoms. The SMILES string of the molecule is Cc1cc(Cl)ccc1NS(=O)(=O)c1cc(C(=O)O)cc(C)c1C. The minimum atomic E-state index is -3.91. The van der Waals surface area contributed by atoms with Gasteiger partial charge in [-0.15, -0.1) is 0 Å². The van der Waals surface area contributed by atoms with Gasteiger partial charge in [-0.05, 0) is 67.8 Å². The summed E-state index contributed by atoms with van der Waals surface area (Å²) in [7, 11) is -3.91. The molecular formula is C16H16ClNO4S. The third-order valence-electron chi connectivity index (χ3n) is 3.59. The summed E-state index contributed by atoms with van der Waals surface area (Å²) in [4.78, 5) is 11.1. The maximum absolute atomic E-state index is 12.6. The molecule has 0 aromatic heterocycles. The number of benzene rings is 2. The predicted molar refractivity (Wildman–Crippen MR) is 89.9 cm³/mol. The highest BCUT2D eigenvalue weighted by Crippen LogP contribution is 2.26. The van der Waals surface area contributed by atoms with Gasteiger partial charge in [-0.2, -0.15) is 0 Å². The van der Waals surface area contributed by atoms with Crippen molar-refractivity contribution < 1.29 is 18.3 Å². The van der Waals surface area contributed by atoms with E-state index in [9.17, 15) is 13.2 Å². The van der Waals surface area contributed by atoms with Crippen LogP contribution in [-0.2, 0) is 10.0 Å². The summed E-state index contributed by atoms with van der Waals surface area (Å²) in [6.45, 7) is 5.05. The van der Waals surface area contributed by atoms with Crippen molar-refractivity contribution in [3.63, 3.8) is 0 Å². The average Bonchev–Trinajstić information content (AvgIpc) is 2.44. The lowest BCUT2D eigenvalue weighted by Gasteiger charge is -2.14. The van der Waals surface area contributed by atoms with Crippen LogP contribution in [0.2, 0.25) is 5.02 Å². The number of sulfonamides is 1. The fourth-order valence-corrected chi connectivity index (χ4v) is 3.87. The molecule has 2 rings (SSSR count). The molecule has 2 N–H and O–H groups in total. The fourth-order valence-electron chi connectivity index (χ4n) is 2.17. The largest absolute Gasteiger partial charge is 0.478 e. The molecule has 0 aliphatic heterocycles. The molecule has 0 heterocycles. The minimum Gasteiger partial charge on any atom is -0.478 e. The van der Waals surface area contributed by atoms with Crippen LogP contribution in [0.5, 0.6) is 0 Å². The van der Waals surface area contributed by atoms with Crippen molar-refractivity contribution in [1.29, 1.82) is 0 Å². The summed E-state index contributed by atoms with van der Waals surface area (Å²) in [5.41, 5.74) is 2.10. The van der Waals surface area contributed by atoms with E-state index in [0.717, 1.165) is 6.07 Å². The highest BCUT2D eigenvalue weighted by Gasteiger charge is 2.21. The molecule has 0 saturated carbocycles. The number of hydrogen-bond acceptors (Lipinski definition) is 3. The monoisotopic (exact) mass is 353 g/mol. The van der Waals surface area contributed by atoms with Gasteiger partial charge in [0, 0.05) is 5.02 Å². The minimum absolute atomic E-state index is 0.0516. The zero-order chi connectivity index (χ0) is 17.4. The van der Waals surface area contributed by atoms with Crippen LogP contribution in [0.25, 0.3) is 0 Å². The quantitative estimate of drug-likeness (QED) is 0.876. The van der Waals surface area contributed by atoms with E-state index in [-0.39, 0.29) is 10.5 Å². The van der Waals surface area contributed by atoms with E-state index in [1.807, 2.05) is 0 Å². The van der Waals surface area contributed by atoms with E-state index < -0.39 is 16.0 Å². The zero-order valence-electron chi connectivity index (χ0n) is 12.8. The Hall–Kier alpha value is -2.05. The van der Waals surface area contributed by atoms with Gasteiger partial charge in [0.25, 0.3) is 10.0 Å². The van der Waals surface area contributed by atoms with E-state index in [2.05, 4.69) is 4.72 Å². The van der Waals surface area contributed by atoms with E-state index in [1.165, 1.54) is 6.07 Å². The molecule has 122 valence electrons. The van der Waals surface area contributed by atoms with Gasteiger partial charge in [-0.3, -0.25) is 4.72 Å². The molecule has 5 nitrogen and oxygen atoms in total. The van der Waals surface area contributed by atoms with Crippen LogP contribution < -0.4 is 4.72 Å². The first-order chi connectivity index (χ1) is 10.6. The third-order valence-corrected chi connectivity index (χ3v) is 5.32. The number of rotatable bonds is 4. The van der Waals surface area contributed by atoms with Crippen molar-refractivity contribution in [2.75, 3.05) is 4.72 Å². The standard InChI is InChI=1S/C16H16ClNO4S/c1-9-6-12(16(19)20)8-15(11(9)3)23(21,22)18-14-5-4-13(17)7-10(14)2/h4-8,18H,1-3H3,(H,19,20). The maximum Gasteiger partial charge on any atom is 0.335 e. The summed E-state index contributed by atoms with van der Waals surface area (Å²) >= 11 is 5.86. The Bertz CT molecular complexity index is 891. The first kappa shape index (κ1) is 17.3. The van der Waals surface area contributed by atoms with Crippen LogP contribution in [0.4, 0.5) is 5.69 Å².